The molecule has 0 fully saturated rings. The van der Waals surface area contributed by atoms with Crippen LogP contribution in [-0.2, 0) is 0 Å². The topological polar surface area (TPSA) is 86.3 Å². The fraction of sp³-hybridized carbons (Fsp3) is 1.00. The molecular formula is C4H8N2O4. The molecule has 58 valence electrons. The van der Waals surface area contributed by atoms with Crippen LogP contribution in [0.15, 0.2) is 0 Å². The Hall–Kier alpha value is -1.20. The minimum absolute atomic E-state index is 0.202. The maximum absolute atomic E-state index is 9.97. The molecule has 0 radical (unpaired) electrons. The normalized spacial score (nSPS) is 12.5. The van der Waals surface area contributed by atoms with Crippen LogP contribution in [0.4, 0.5) is 0 Å². The number of hydrogen-bond donors (Lipinski definition) is 0. The van der Waals surface area contributed by atoms with Crippen molar-refractivity contribution in [3.05, 3.63) is 20.2 Å². The third-order valence-corrected chi connectivity index (χ3v) is 1.13. The van der Waals surface area contributed by atoms with Gasteiger partial charge in [0.25, 0.3) is 12.6 Å². The maximum Gasteiger partial charge on any atom is 0.276 e. The van der Waals surface area contributed by atoms with Gasteiger partial charge in [-0.1, -0.05) is 6.92 Å². The quantitative estimate of drug-likeness (QED) is 0.424. The van der Waals surface area contributed by atoms with Crippen LogP contribution >= 0.6 is 0 Å². The Bertz CT molecular complexity index is 146. The van der Waals surface area contributed by atoms with E-state index in [1.54, 1.807) is 6.92 Å². The SMILES string of the molecule is CCC(C[N+](=O)[O-])[N+](=O)[O-]. The van der Waals surface area contributed by atoms with Crippen molar-refractivity contribution in [3.8, 4) is 0 Å². The van der Waals surface area contributed by atoms with Gasteiger partial charge >= 0.3 is 0 Å². The Morgan fingerprint density at radius 3 is 2.00 bits per heavy atom. The Morgan fingerprint density at radius 1 is 1.40 bits per heavy atom. The lowest BCUT2D eigenvalue weighted by atomic mass is 10.2. The van der Waals surface area contributed by atoms with Gasteiger partial charge in [-0.25, -0.2) is 0 Å². The van der Waals surface area contributed by atoms with Gasteiger partial charge in [-0.05, 0) is 0 Å². The molecule has 0 heterocycles. The van der Waals surface area contributed by atoms with Gasteiger partial charge < -0.3 is 0 Å². The van der Waals surface area contributed by atoms with Crippen LogP contribution in [0.3, 0.4) is 0 Å². The molecule has 0 aliphatic heterocycles. The molecule has 1 unspecified atom stereocenters. The van der Waals surface area contributed by atoms with Crippen LogP contribution < -0.4 is 0 Å². The van der Waals surface area contributed by atoms with Crippen LogP contribution in [0.25, 0.3) is 0 Å². The van der Waals surface area contributed by atoms with Gasteiger partial charge in [0.1, 0.15) is 0 Å². The van der Waals surface area contributed by atoms with E-state index in [1.165, 1.54) is 0 Å². The summed E-state index contributed by atoms with van der Waals surface area (Å²) in [7, 11) is 0. The zero-order chi connectivity index (χ0) is 8.15. The summed E-state index contributed by atoms with van der Waals surface area (Å²) in [5.41, 5.74) is 0. The predicted molar refractivity (Wildman–Crippen MR) is 32.9 cm³/mol. The fourth-order valence-corrected chi connectivity index (χ4v) is 0.517. The number of nitrogens with zero attached hydrogens (tertiary/aromatic N) is 2. The van der Waals surface area contributed by atoms with Crippen molar-refractivity contribution in [2.45, 2.75) is 19.4 Å². The largest absolute Gasteiger partial charge is 0.276 e. The summed E-state index contributed by atoms with van der Waals surface area (Å²) >= 11 is 0. The Kier molecular flexibility index (Phi) is 3.30. The molecule has 0 aliphatic carbocycles. The lowest BCUT2D eigenvalue weighted by Crippen LogP contribution is -2.27. The highest BCUT2D eigenvalue weighted by molar-refractivity contribution is 4.49. The average molecular weight is 148 g/mol. The van der Waals surface area contributed by atoms with E-state index >= 15 is 0 Å². The van der Waals surface area contributed by atoms with E-state index in [0.717, 1.165) is 0 Å². The Labute approximate surface area is 57.1 Å². The first kappa shape index (κ1) is 8.80. The maximum atomic E-state index is 9.97. The van der Waals surface area contributed by atoms with Crippen molar-refractivity contribution in [1.82, 2.24) is 0 Å². The Balaban J connectivity index is 3.83. The van der Waals surface area contributed by atoms with Gasteiger partial charge in [-0.15, -0.1) is 0 Å². The highest BCUT2D eigenvalue weighted by Gasteiger charge is 2.23. The van der Waals surface area contributed by atoms with Gasteiger partial charge in [0.15, 0.2) is 0 Å². The highest BCUT2D eigenvalue weighted by atomic mass is 16.6. The smallest absolute Gasteiger partial charge is 0.264 e. The first-order chi connectivity index (χ1) is 4.57. The highest BCUT2D eigenvalue weighted by Crippen LogP contribution is 1.95. The molecule has 0 spiro atoms. The van der Waals surface area contributed by atoms with Crippen LogP contribution in [0.5, 0.6) is 0 Å². The summed E-state index contributed by atoms with van der Waals surface area (Å²) in [6.07, 6.45) is 0.202. The molecule has 0 saturated carbocycles. The molecule has 6 nitrogen and oxygen atoms in total. The van der Waals surface area contributed by atoms with Gasteiger partial charge in [-0.2, -0.15) is 0 Å². The van der Waals surface area contributed by atoms with Crippen LogP contribution in [0.2, 0.25) is 0 Å². The minimum atomic E-state index is -1.03. The molecule has 0 aromatic rings. The first-order valence-corrected chi connectivity index (χ1v) is 2.83. The standard InChI is InChI=1S/C4H8N2O4/c1-2-4(6(9)10)3-5(7)8/h4H,2-3H2,1H3. The summed E-state index contributed by atoms with van der Waals surface area (Å²) in [5, 5.41) is 19.7. The third kappa shape index (κ3) is 2.95. The molecule has 10 heavy (non-hydrogen) atoms. The fourth-order valence-electron chi connectivity index (χ4n) is 0.517. The van der Waals surface area contributed by atoms with E-state index in [1.807, 2.05) is 0 Å². The molecule has 1 atom stereocenters. The third-order valence-electron chi connectivity index (χ3n) is 1.13. The van der Waals surface area contributed by atoms with Gasteiger partial charge in [0, 0.05) is 16.3 Å². The van der Waals surface area contributed by atoms with E-state index in [2.05, 4.69) is 0 Å². The zero-order valence-corrected chi connectivity index (χ0v) is 5.52. The van der Waals surface area contributed by atoms with E-state index in [4.69, 9.17) is 0 Å². The van der Waals surface area contributed by atoms with Crippen molar-refractivity contribution in [3.63, 3.8) is 0 Å². The second-order valence-electron chi connectivity index (χ2n) is 1.86. The van der Waals surface area contributed by atoms with Crippen molar-refractivity contribution in [2.75, 3.05) is 6.54 Å². The lowest BCUT2D eigenvalue weighted by molar-refractivity contribution is -0.587. The molecule has 0 saturated heterocycles. The molecule has 0 aromatic heterocycles. The minimum Gasteiger partial charge on any atom is -0.264 e. The zero-order valence-electron chi connectivity index (χ0n) is 5.52. The number of hydrogen-bond acceptors (Lipinski definition) is 4. The van der Waals surface area contributed by atoms with Crippen LogP contribution in [-0.4, -0.2) is 22.4 Å². The van der Waals surface area contributed by atoms with E-state index in [0.29, 0.717) is 0 Å². The molecule has 0 amide bonds. The van der Waals surface area contributed by atoms with Crippen molar-refractivity contribution < 1.29 is 9.85 Å². The summed E-state index contributed by atoms with van der Waals surface area (Å²) in [6, 6.07) is -1.03. The summed E-state index contributed by atoms with van der Waals surface area (Å²) in [4.78, 5) is 18.4. The number of nitro groups is 2. The monoisotopic (exact) mass is 148 g/mol. The van der Waals surface area contributed by atoms with Crippen molar-refractivity contribution in [2.24, 2.45) is 0 Å². The van der Waals surface area contributed by atoms with E-state index < -0.39 is 22.4 Å². The summed E-state index contributed by atoms with van der Waals surface area (Å²) < 4.78 is 0. The predicted octanol–water partition coefficient (Wildman–Crippen LogP) is 0.318. The molecule has 0 N–H and O–H groups in total. The molecule has 0 aliphatic rings. The second-order valence-corrected chi connectivity index (χ2v) is 1.86. The van der Waals surface area contributed by atoms with E-state index in [9.17, 15) is 20.2 Å². The second kappa shape index (κ2) is 3.76. The van der Waals surface area contributed by atoms with Gasteiger partial charge in [-0.3, -0.25) is 20.2 Å². The number of rotatable bonds is 4. The van der Waals surface area contributed by atoms with E-state index in [-0.39, 0.29) is 6.42 Å². The van der Waals surface area contributed by atoms with Gasteiger partial charge in [0.05, 0.1) is 0 Å². The molecule has 0 rings (SSSR count). The van der Waals surface area contributed by atoms with Crippen molar-refractivity contribution in [1.29, 1.82) is 0 Å². The molecule has 6 heteroatoms. The lowest BCUT2D eigenvalue weighted by Gasteiger charge is -1.99. The van der Waals surface area contributed by atoms with Crippen LogP contribution in [0, 0.1) is 20.2 Å². The molecule has 0 aromatic carbocycles. The molecular weight excluding hydrogens is 140 g/mol. The first-order valence-electron chi connectivity index (χ1n) is 2.83. The average Bonchev–Trinajstić information content (AvgIpc) is 1.81. The Morgan fingerprint density at radius 2 is 1.90 bits per heavy atom. The molecule has 0 bridgehead atoms. The summed E-state index contributed by atoms with van der Waals surface area (Å²) in [5.74, 6) is 0. The summed E-state index contributed by atoms with van der Waals surface area (Å²) in [6.45, 7) is 0.973. The van der Waals surface area contributed by atoms with Gasteiger partial charge in [0.2, 0.25) is 0 Å². The van der Waals surface area contributed by atoms with Crippen molar-refractivity contribution >= 4 is 0 Å². The van der Waals surface area contributed by atoms with Crippen LogP contribution in [0.1, 0.15) is 13.3 Å².